The van der Waals surface area contributed by atoms with E-state index in [1.54, 1.807) is 18.7 Å². The van der Waals surface area contributed by atoms with Crippen LogP contribution in [0.25, 0.3) is 33.6 Å². The molecular weight excluding hydrogens is 725 g/mol. The molecule has 4 heterocycles. The van der Waals surface area contributed by atoms with Crippen LogP contribution in [0.2, 0.25) is 0 Å². The molecule has 4 aromatic rings. The zero-order chi connectivity index (χ0) is 39.8. The van der Waals surface area contributed by atoms with E-state index in [0.717, 1.165) is 67.1 Å². The highest BCUT2D eigenvalue weighted by atomic mass is 16.5. The number of imidazole rings is 2. The van der Waals surface area contributed by atoms with Gasteiger partial charge in [-0.2, -0.15) is 0 Å². The lowest BCUT2D eigenvalue weighted by atomic mass is 9.76. The first-order chi connectivity index (χ1) is 27.6. The number of hydrogen-bond acceptors (Lipinski definition) is 8. The third-order valence-corrected chi connectivity index (χ3v) is 12.7. The summed E-state index contributed by atoms with van der Waals surface area (Å²) in [5.74, 6) is 1.19. The van der Waals surface area contributed by atoms with Crippen molar-refractivity contribution >= 4 is 24.0 Å². The van der Waals surface area contributed by atoms with Crippen molar-refractivity contribution < 1.29 is 28.7 Å². The van der Waals surface area contributed by atoms with Gasteiger partial charge in [-0.25, -0.2) is 19.6 Å². The fraction of sp³-hybridized carbons (Fsp3) is 0.488. The van der Waals surface area contributed by atoms with Crippen molar-refractivity contribution in [1.82, 2.24) is 40.4 Å². The Morgan fingerprint density at radius 2 is 1.21 bits per heavy atom. The number of aromatic nitrogens is 4. The van der Waals surface area contributed by atoms with Gasteiger partial charge >= 0.3 is 12.2 Å². The van der Waals surface area contributed by atoms with E-state index in [9.17, 15) is 19.2 Å². The van der Waals surface area contributed by atoms with Gasteiger partial charge in [0, 0.05) is 18.7 Å². The lowest BCUT2D eigenvalue weighted by Crippen LogP contribution is -2.46. The van der Waals surface area contributed by atoms with Crippen LogP contribution >= 0.6 is 0 Å². The first-order valence-electron chi connectivity index (χ1n) is 20.3. The number of H-pyrrole nitrogens is 2. The fourth-order valence-corrected chi connectivity index (χ4v) is 9.89. The lowest BCUT2D eigenvalue weighted by molar-refractivity contribution is -0.134. The zero-order valence-electron chi connectivity index (χ0n) is 33.2. The average molecular weight is 777 g/mol. The number of carbonyl (C=O) groups is 4. The SMILES string of the molecule is COC(=O)N[C@@H](C)C(=O)N1CCCC1c1ncc(-c2ccc(-c3ccc(-c4cnc(C5CCCN5C(=O)[C@@H](C)NC(=O)OC)[nH]4)cc3)c3c2CCC32CCCC2)[nH]1. The molecule has 2 aromatic carbocycles. The molecule has 300 valence electrons. The first-order valence-corrected chi connectivity index (χ1v) is 20.3. The topological polar surface area (TPSA) is 175 Å². The largest absolute Gasteiger partial charge is 0.453 e. The maximum Gasteiger partial charge on any atom is 0.407 e. The number of carbonyl (C=O) groups excluding carboxylic acids is 4. The Balaban J connectivity index is 1.04. The fourth-order valence-electron chi connectivity index (χ4n) is 9.89. The summed E-state index contributed by atoms with van der Waals surface area (Å²) in [7, 11) is 2.57. The number of rotatable bonds is 9. The van der Waals surface area contributed by atoms with Crippen LogP contribution in [0.3, 0.4) is 0 Å². The van der Waals surface area contributed by atoms with E-state index in [-0.39, 0.29) is 29.3 Å². The number of hydrogen-bond donors (Lipinski definition) is 4. The quantitative estimate of drug-likeness (QED) is 0.145. The highest BCUT2D eigenvalue weighted by Gasteiger charge is 2.44. The Kier molecular flexibility index (Phi) is 10.5. The highest BCUT2D eigenvalue weighted by molar-refractivity contribution is 5.87. The molecule has 0 radical (unpaired) electrons. The van der Waals surface area contributed by atoms with Crippen LogP contribution in [0.5, 0.6) is 0 Å². The van der Waals surface area contributed by atoms with Crippen molar-refractivity contribution in [3.05, 3.63) is 71.6 Å². The molecule has 8 rings (SSSR count). The van der Waals surface area contributed by atoms with E-state index in [1.165, 1.54) is 67.7 Å². The molecular formula is C43H52N8O6. The number of nitrogens with one attached hydrogen (secondary N) is 4. The van der Waals surface area contributed by atoms with Crippen molar-refractivity contribution in [3.8, 4) is 33.6 Å². The molecule has 2 aromatic heterocycles. The summed E-state index contributed by atoms with van der Waals surface area (Å²) in [5.41, 5.74) is 9.49. The molecule has 2 aliphatic carbocycles. The number of alkyl carbamates (subject to hydrolysis) is 2. The van der Waals surface area contributed by atoms with Crippen molar-refractivity contribution in [2.45, 2.75) is 108 Å². The van der Waals surface area contributed by atoms with Crippen molar-refractivity contribution in [2.24, 2.45) is 0 Å². The van der Waals surface area contributed by atoms with Gasteiger partial charge in [0.25, 0.3) is 0 Å². The minimum absolute atomic E-state index is 0.151. The van der Waals surface area contributed by atoms with Crippen molar-refractivity contribution in [3.63, 3.8) is 0 Å². The molecule has 57 heavy (non-hydrogen) atoms. The number of methoxy groups -OCH3 is 2. The number of fused-ring (bicyclic) bond motifs is 2. The van der Waals surface area contributed by atoms with Gasteiger partial charge in [-0.3, -0.25) is 9.59 Å². The molecule has 4 amide bonds. The van der Waals surface area contributed by atoms with Crippen LogP contribution in [0.1, 0.15) is 106 Å². The smallest absolute Gasteiger partial charge is 0.407 e. The van der Waals surface area contributed by atoms with Crippen molar-refractivity contribution in [2.75, 3.05) is 27.3 Å². The van der Waals surface area contributed by atoms with Gasteiger partial charge in [-0.1, -0.05) is 49.2 Å². The average Bonchev–Trinajstić information content (AvgIpc) is 4.09. The minimum atomic E-state index is -0.705. The minimum Gasteiger partial charge on any atom is -0.453 e. The monoisotopic (exact) mass is 776 g/mol. The Hall–Kier alpha value is -5.66. The van der Waals surface area contributed by atoms with E-state index < -0.39 is 24.3 Å². The Morgan fingerprint density at radius 1 is 0.702 bits per heavy atom. The second-order valence-corrected chi connectivity index (χ2v) is 16.0. The van der Waals surface area contributed by atoms with Crippen LogP contribution in [0.15, 0.2) is 48.8 Å². The molecule has 0 bridgehead atoms. The van der Waals surface area contributed by atoms with Gasteiger partial charge in [-0.05, 0) is 98.4 Å². The lowest BCUT2D eigenvalue weighted by Gasteiger charge is -2.28. The molecule has 2 aliphatic heterocycles. The maximum atomic E-state index is 13.4. The summed E-state index contributed by atoms with van der Waals surface area (Å²) >= 11 is 0. The molecule has 2 unspecified atom stereocenters. The Morgan fingerprint density at radius 3 is 1.77 bits per heavy atom. The molecule has 1 saturated carbocycles. The van der Waals surface area contributed by atoms with E-state index in [1.807, 2.05) is 17.3 Å². The number of ether oxygens (including phenoxy) is 2. The Labute approximate surface area is 332 Å². The van der Waals surface area contributed by atoms with Crippen molar-refractivity contribution in [1.29, 1.82) is 0 Å². The second-order valence-electron chi connectivity index (χ2n) is 16.0. The number of amides is 4. The molecule has 4 N–H and O–H groups in total. The normalized spacial score (nSPS) is 20.7. The predicted molar refractivity (Wildman–Crippen MR) is 213 cm³/mol. The van der Waals surface area contributed by atoms with Crippen LogP contribution in [0, 0.1) is 0 Å². The highest BCUT2D eigenvalue weighted by Crippen LogP contribution is 2.55. The van der Waals surface area contributed by atoms with Gasteiger partial charge in [0.05, 0.1) is 50.1 Å². The van der Waals surface area contributed by atoms with Crippen LogP contribution < -0.4 is 10.6 Å². The summed E-state index contributed by atoms with van der Waals surface area (Å²) in [6.07, 6.45) is 12.8. The third kappa shape index (κ3) is 7.14. The molecule has 14 heteroatoms. The summed E-state index contributed by atoms with van der Waals surface area (Å²) in [6, 6.07) is 11.4. The number of nitrogens with zero attached hydrogens (tertiary/aromatic N) is 4. The van der Waals surface area contributed by atoms with E-state index in [0.29, 0.717) is 13.1 Å². The summed E-state index contributed by atoms with van der Waals surface area (Å²) in [6.45, 7) is 4.56. The molecule has 4 atom stereocenters. The molecule has 14 nitrogen and oxygen atoms in total. The van der Waals surface area contributed by atoms with Crippen LogP contribution in [-0.2, 0) is 30.9 Å². The van der Waals surface area contributed by atoms with Crippen LogP contribution in [-0.4, -0.2) is 93.1 Å². The standard InChI is InChI=1S/C43H52N8O6/c1-25(46-41(54)56-3)39(52)50-21-7-9-34(50)37-44-23-32(48-37)28-13-11-27(12-14-28)29-15-16-30(31-17-20-43(36(29)31)18-5-6-19-43)33-24-45-38(49-33)35-10-8-22-51(35)40(53)26(2)47-42(55)57-4/h11-16,23-26,34-35H,5-10,17-22H2,1-4H3,(H,44,48)(H,45,49)(H,46,54)(H,47,55)/t25-,26+,34?,35?/m1/s1. The van der Waals surface area contributed by atoms with Gasteiger partial charge < -0.3 is 39.9 Å². The number of aromatic amines is 2. The number of benzene rings is 2. The number of likely N-dealkylation sites (tertiary alicyclic amines) is 2. The summed E-state index contributed by atoms with van der Waals surface area (Å²) in [5, 5.41) is 5.19. The second kappa shape index (κ2) is 15.7. The molecule has 2 saturated heterocycles. The Bertz CT molecular complexity index is 2150. The van der Waals surface area contributed by atoms with Gasteiger partial charge in [0.2, 0.25) is 11.8 Å². The van der Waals surface area contributed by atoms with E-state index in [4.69, 9.17) is 14.7 Å². The van der Waals surface area contributed by atoms with E-state index in [2.05, 4.69) is 61.7 Å². The zero-order valence-corrected chi connectivity index (χ0v) is 33.2. The third-order valence-electron chi connectivity index (χ3n) is 12.7. The maximum absolute atomic E-state index is 13.4. The van der Waals surface area contributed by atoms with Gasteiger partial charge in [0.1, 0.15) is 23.7 Å². The summed E-state index contributed by atoms with van der Waals surface area (Å²) < 4.78 is 9.39. The van der Waals surface area contributed by atoms with E-state index >= 15 is 0 Å². The van der Waals surface area contributed by atoms with Gasteiger partial charge in [-0.15, -0.1) is 0 Å². The van der Waals surface area contributed by atoms with Crippen LogP contribution in [0.4, 0.5) is 9.59 Å². The molecule has 3 fully saturated rings. The molecule has 1 spiro atoms. The summed E-state index contributed by atoms with van der Waals surface area (Å²) in [4.78, 5) is 70.4. The van der Waals surface area contributed by atoms with Gasteiger partial charge in [0.15, 0.2) is 0 Å². The molecule has 4 aliphatic rings. The first kappa shape index (κ1) is 38.2. The predicted octanol–water partition coefficient (Wildman–Crippen LogP) is 6.71.